The molecule has 4 aliphatic rings. The summed E-state index contributed by atoms with van der Waals surface area (Å²) in [6.07, 6.45) is -1.65. The first-order valence-electron chi connectivity index (χ1n) is 11.1. The monoisotopic (exact) mass is 466 g/mol. The summed E-state index contributed by atoms with van der Waals surface area (Å²) in [6.45, 7) is 1.01. The summed E-state index contributed by atoms with van der Waals surface area (Å²) >= 11 is 0. The maximum atomic E-state index is 12.4. The summed E-state index contributed by atoms with van der Waals surface area (Å²) in [4.78, 5) is 29.7. The number of rotatable bonds is 3. The van der Waals surface area contributed by atoms with Crippen molar-refractivity contribution in [3.05, 3.63) is 42.6 Å². The van der Waals surface area contributed by atoms with Crippen molar-refractivity contribution in [3.63, 3.8) is 0 Å². The highest BCUT2D eigenvalue weighted by Crippen LogP contribution is 2.44. The molecule has 4 saturated heterocycles. The zero-order valence-corrected chi connectivity index (χ0v) is 18.0. The molecule has 1 spiro atoms. The number of aliphatic hydroxyl groups excluding tert-OH is 2. The minimum atomic E-state index is -2.04. The lowest BCUT2D eigenvalue weighted by Gasteiger charge is -2.54. The van der Waals surface area contributed by atoms with Crippen molar-refractivity contribution < 1.29 is 34.0 Å². The van der Waals surface area contributed by atoms with E-state index in [9.17, 15) is 19.8 Å². The molecule has 4 fully saturated rings. The molecular weight excluding hydrogens is 444 g/mol. The van der Waals surface area contributed by atoms with Gasteiger partial charge in [-0.3, -0.25) is 0 Å². The average Bonchev–Trinajstić information content (AvgIpc) is 3.31. The van der Waals surface area contributed by atoms with Crippen LogP contribution in [0.15, 0.2) is 42.6 Å². The van der Waals surface area contributed by atoms with Gasteiger partial charge < -0.3 is 29.4 Å². The summed E-state index contributed by atoms with van der Waals surface area (Å²) in [5.74, 6) is -4.13. The Morgan fingerprint density at radius 3 is 2.41 bits per heavy atom. The van der Waals surface area contributed by atoms with Crippen molar-refractivity contribution >= 4 is 22.8 Å². The van der Waals surface area contributed by atoms with Gasteiger partial charge in [-0.15, -0.1) is 10.2 Å². The van der Waals surface area contributed by atoms with Crippen LogP contribution in [0.2, 0.25) is 0 Å². The highest BCUT2D eigenvalue weighted by molar-refractivity contribution is 5.87. The number of aliphatic hydroxyl groups is 2. The number of carbonyl (C=O) groups is 2. The van der Waals surface area contributed by atoms with Gasteiger partial charge in [0.1, 0.15) is 0 Å². The van der Waals surface area contributed by atoms with Crippen molar-refractivity contribution in [1.82, 2.24) is 20.1 Å². The number of carbonyl (C=O) groups excluding carboxylic acids is 2. The van der Waals surface area contributed by atoms with Gasteiger partial charge in [-0.25, -0.2) is 14.5 Å². The molecule has 0 radical (unpaired) electrons. The summed E-state index contributed by atoms with van der Waals surface area (Å²) in [6, 6.07) is 11.3. The molecule has 7 rings (SSSR count). The van der Waals surface area contributed by atoms with Gasteiger partial charge in [0.05, 0.1) is 5.69 Å². The number of piperidine rings is 3. The molecule has 0 saturated carbocycles. The highest BCUT2D eigenvalue weighted by atomic mass is 16.8. The lowest BCUT2D eigenvalue weighted by Crippen LogP contribution is -2.72. The minimum Gasteiger partial charge on any atom is -0.463 e. The predicted octanol–water partition coefficient (Wildman–Crippen LogP) is 0.573. The fraction of sp³-hybridized carbons (Fsp3) is 0.391. The largest absolute Gasteiger partial charge is 0.463 e. The zero-order chi connectivity index (χ0) is 23.4. The maximum Gasteiger partial charge on any atom is 0.359 e. The first-order chi connectivity index (χ1) is 16.4. The summed E-state index contributed by atoms with van der Waals surface area (Å²) in [7, 11) is 0. The Labute approximate surface area is 193 Å². The molecule has 0 amide bonds. The van der Waals surface area contributed by atoms with E-state index in [0.29, 0.717) is 18.8 Å². The van der Waals surface area contributed by atoms with Gasteiger partial charge >= 0.3 is 17.8 Å². The van der Waals surface area contributed by atoms with Crippen LogP contribution in [-0.4, -0.2) is 79.5 Å². The summed E-state index contributed by atoms with van der Waals surface area (Å²) in [5, 5.41) is 29.4. The molecule has 11 nitrogen and oxygen atoms in total. The number of aromatic amines is 1. The maximum absolute atomic E-state index is 12.4. The standard InChI is InChI=1S/C23H22N4O7/c28-18-19(29)22(31)34-23(33-21(18)30)20(12-6-9-27(23)10-7-12)32-17-4-3-16(25-26-17)13-1-2-15-14(11-13)5-8-24-15/h1-5,8,11-12,18-20,24,28-29H,6-7,9-10H2. The molecule has 3 aromatic rings. The van der Waals surface area contributed by atoms with Crippen LogP contribution < -0.4 is 4.74 Å². The summed E-state index contributed by atoms with van der Waals surface area (Å²) < 4.78 is 17.1. The van der Waals surface area contributed by atoms with Gasteiger partial charge in [-0.2, -0.15) is 0 Å². The second kappa shape index (κ2) is 7.76. The van der Waals surface area contributed by atoms with Crippen molar-refractivity contribution in [1.29, 1.82) is 0 Å². The van der Waals surface area contributed by atoms with E-state index in [4.69, 9.17) is 14.2 Å². The van der Waals surface area contributed by atoms with Crippen LogP contribution in [0.25, 0.3) is 22.2 Å². The zero-order valence-electron chi connectivity index (χ0n) is 18.0. The molecule has 3 atom stereocenters. The van der Waals surface area contributed by atoms with Gasteiger partial charge in [0.15, 0.2) is 18.3 Å². The van der Waals surface area contributed by atoms with Crippen molar-refractivity contribution in [2.75, 3.05) is 13.1 Å². The van der Waals surface area contributed by atoms with Gasteiger partial charge in [0, 0.05) is 47.7 Å². The Bertz CT molecular complexity index is 1230. The van der Waals surface area contributed by atoms with Gasteiger partial charge in [0.25, 0.3) is 0 Å². The molecule has 6 heterocycles. The third-order valence-electron chi connectivity index (χ3n) is 6.78. The van der Waals surface area contributed by atoms with Crippen molar-refractivity contribution in [2.45, 2.75) is 37.1 Å². The molecule has 11 heteroatoms. The van der Waals surface area contributed by atoms with E-state index in [1.807, 2.05) is 30.5 Å². The normalized spacial score (nSPS) is 32.9. The first-order valence-corrected chi connectivity index (χ1v) is 11.1. The third kappa shape index (κ3) is 3.23. The Kier molecular flexibility index (Phi) is 4.80. The van der Waals surface area contributed by atoms with E-state index in [-0.39, 0.29) is 11.8 Å². The van der Waals surface area contributed by atoms with E-state index in [2.05, 4.69) is 15.2 Å². The van der Waals surface area contributed by atoms with Crippen LogP contribution in [0.4, 0.5) is 0 Å². The van der Waals surface area contributed by atoms with Crippen LogP contribution in [0, 0.1) is 5.92 Å². The van der Waals surface area contributed by atoms with Crippen molar-refractivity contribution in [2.24, 2.45) is 5.92 Å². The number of nitrogens with one attached hydrogen (secondary N) is 1. The average molecular weight is 466 g/mol. The highest BCUT2D eigenvalue weighted by Gasteiger charge is 2.64. The Balaban J connectivity index is 1.30. The number of hydrogen-bond donors (Lipinski definition) is 3. The van der Waals surface area contributed by atoms with Crippen LogP contribution in [0.3, 0.4) is 0 Å². The smallest absolute Gasteiger partial charge is 0.359 e. The molecule has 1 aromatic carbocycles. The van der Waals surface area contributed by atoms with Crippen LogP contribution in [-0.2, 0) is 19.1 Å². The topological polar surface area (TPSA) is 147 Å². The molecule has 2 aromatic heterocycles. The number of benzene rings is 1. The van der Waals surface area contributed by atoms with E-state index in [0.717, 1.165) is 29.3 Å². The number of nitrogens with zero attached hydrogens (tertiary/aromatic N) is 3. The number of ether oxygens (including phenoxy) is 3. The number of fused-ring (bicyclic) bond motifs is 3. The van der Waals surface area contributed by atoms with Crippen molar-refractivity contribution in [3.8, 4) is 17.1 Å². The number of hydrogen-bond acceptors (Lipinski definition) is 10. The fourth-order valence-electron chi connectivity index (χ4n) is 4.97. The lowest BCUT2D eigenvalue weighted by atomic mass is 9.82. The summed E-state index contributed by atoms with van der Waals surface area (Å²) in [5.41, 5.74) is 2.56. The third-order valence-corrected chi connectivity index (χ3v) is 6.78. The number of aromatic nitrogens is 3. The first kappa shape index (κ1) is 21.0. The lowest BCUT2D eigenvalue weighted by molar-refractivity contribution is -0.351. The van der Waals surface area contributed by atoms with Crippen LogP contribution >= 0.6 is 0 Å². The molecule has 0 aliphatic carbocycles. The second-order valence-corrected chi connectivity index (χ2v) is 8.76. The fourth-order valence-corrected chi connectivity index (χ4v) is 4.97. The molecule has 34 heavy (non-hydrogen) atoms. The minimum absolute atomic E-state index is 0.101. The molecule has 176 valence electrons. The van der Waals surface area contributed by atoms with Crippen LogP contribution in [0.5, 0.6) is 5.88 Å². The Hall–Kier alpha value is -3.54. The molecule has 3 unspecified atom stereocenters. The van der Waals surface area contributed by atoms with E-state index < -0.39 is 36.2 Å². The van der Waals surface area contributed by atoms with E-state index >= 15 is 0 Å². The molecule has 2 bridgehead atoms. The molecular formula is C23H22N4O7. The Morgan fingerprint density at radius 1 is 1.00 bits per heavy atom. The second-order valence-electron chi connectivity index (χ2n) is 8.76. The van der Waals surface area contributed by atoms with E-state index in [1.54, 1.807) is 17.0 Å². The van der Waals surface area contributed by atoms with E-state index in [1.165, 1.54) is 0 Å². The number of H-pyrrole nitrogens is 1. The predicted molar refractivity (Wildman–Crippen MR) is 115 cm³/mol. The molecule has 3 N–H and O–H groups in total. The quantitative estimate of drug-likeness (QED) is 0.468. The van der Waals surface area contributed by atoms with Gasteiger partial charge in [0.2, 0.25) is 5.88 Å². The van der Waals surface area contributed by atoms with Gasteiger partial charge in [-0.05, 0) is 37.1 Å². The SMILES string of the molecule is O=C1OC2(OC(=O)C(O)C1O)C(Oc1ccc(-c3ccc4[nH]ccc4c3)nn1)C1CCN2CC1. The molecule has 4 aliphatic heterocycles. The number of esters is 2. The Morgan fingerprint density at radius 2 is 1.74 bits per heavy atom. The van der Waals surface area contributed by atoms with Gasteiger partial charge in [-0.1, -0.05) is 6.07 Å². The van der Waals surface area contributed by atoms with Crippen LogP contribution in [0.1, 0.15) is 12.8 Å².